The van der Waals surface area contributed by atoms with Crippen LogP contribution in [0.2, 0.25) is 5.02 Å². The van der Waals surface area contributed by atoms with E-state index < -0.39 is 0 Å². The molecule has 3 heteroatoms. The minimum absolute atomic E-state index is 0.272. The molecule has 2 aromatic rings. The van der Waals surface area contributed by atoms with Gasteiger partial charge in [0, 0.05) is 23.2 Å². The second-order valence-corrected chi connectivity index (χ2v) is 4.23. The van der Waals surface area contributed by atoms with Gasteiger partial charge in [0.15, 0.2) is 0 Å². The Morgan fingerprint density at radius 2 is 2.25 bits per heavy atom. The average molecular weight is 236 g/mol. The van der Waals surface area contributed by atoms with Crippen LogP contribution < -0.4 is 5.32 Å². The lowest BCUT2D eigenvalue weighted by Gasteiger charge is -2.13. The fourth-order valence-corrected chi connectivity index (χ4v) is 1.76. The van der Waals surface area contributed by atoms with E-state index in [4.69, 9.17) is 16.0 Å². The summed E-state index contributed by atoms with van der Waals surface area (Å²) in [5, 5.41) is 4.18. The molecule has 0 fully saturated rings. The third-order valence-electron chi connectivity index (χ3n) is 2.54. The van der Waals surface area contributed by atoms with Crippen molar-refractivity contribution in [3.8, 4) is 0 Å². The van der Waals surface area contributed by atoms with E-state index in [0.717, 1.165) is 17.1 Å². The summed E-state index contributed by atoms with van der Waals surface area (Å²) in [7, 11) is 0. The Bertz CT molecular complexity index is 439. The van der Waals surface area contributed by atoms with E-state index in [1.54, 1.807) is 12.5 Å². The van der Waals surface area contributed by atoms with Gasteiger partial charge in [0.1, 0.15) is 0 Å². The highest BCUT2D eigenvalue weighted by Crippen LogP contribution is 2.17. The standard InChI is InChI=1S/C13H14ClNO/c1-10(12-3-2-4-13(14)7-12)15-8-11-5-6-16-9-11/h2-7,9-10,15H,8H2,1H3/t10-/m1/s1. The van der Waals surface area contributed by atoms with Gasteiger partial charge in [-0.15, -0.1) is 0 Å². The predicted octanol–water partition coefficient (Wildman–Crippen LogP) is 3.78. The maximum Gasteiger partial charge on any atom is 0.0947 e. The largest absolute Gasteiger partial charge is 0.472 e. The normalized spacial score (nSPS) is 12.6. The van der Waals surface area contributed by atoms with Crippen LogP contribution in [0.3, 0.4) is 0 Å². The molecule has 0 saturated carbocycles. The molecule has 0 unspecified atom stereocenters. The molecule has 0 aliphatic rings. The van der Waals surface area contributed by atoms with Crippen LogP contribution in [0.1, 0.15) is 24.1 Å². The maximum atomic E-state index is 5.95. The minimum Gasteiger partial charge on any atom is -0.472 e. The lowest BCUT2D eigenvalue weighted by Crippen LogP contribution is -2.17. The number of hydrogen-bond acceptors (Lipinski definition) is 2. The first-order valence-corrected chi connectivity index (χ1v) is 5.63. The molecule has 16 heavy (non-hydrogen) atoms. The van der Waals surface area contributed by atoms with Crippen LogP contribution in [0.4, 0.5) is 0 Å². The molecule has 0 amide bonds. The lowest BCUT2D eigenvalue weighted by atomic mass is 10.1. The highest BCUT2D eigenvalue weighted by atomic mass is 35.5. The third-order valence-corrected chi connectivity index (χ3v) is 2.78. The van der Waals surface area contributed by atoms with Crippen LogP contribution in [-0.2, 0) is 6.54 Å². The smallest absolute Gasteiger partial charge is 0.0947 e. The molecule has 0 aliphatic carbocycles. The van der Waals surface area contributed by atoms with Gasteiger partial charge in [-0.3, -0.25) is 0 Å². The minimum atomic E-state index is 0.272. The van der Waals surface area contributed by atoms with E-state index >= 15 is 0 Å². The number of halogens is 1. The monoisotopic (exact) mass is 235 g/mol. The van der Waals surface area contributed by atoms with E-state index in [1.807, 2.05) is 24.3 Å². The molecule has 0 bridgehead atoms. The maximum absolute atomic E-state index is 5.95. The van der Waals surface area contributed by atoms with Crippen LogP contribution in [0, 0.1) is 0 Å². The summed E-state index contributed by atoms with van der Waals surface area (Å²) < 4.78 is 5.01. The Morgan fingerprint density at radius 3 is 2.94 bits per heavy atom. The van der Waals surface area contributed by atoms with E-state index in [2.05, 4.69) is 18.3 Å². The summed E-state index contributed by atoms with van der Waals surface area (Å²) in [6.07, 6.45) is 3.43. The van der Waals surface area contributed by atoms with Gasteiger partial charge >= 0.3 is 0 Å². The Morgan fingerprint density at radius 1 is 1.38 bits per heavy atom. The average Bonchev–Trinajstić information content (AvgIpc) is 2.78. The first-order valence-electron chi connectivity index (χ1n) is 5.25. The number of benzene rings is 1. The van der Waals surface area contributed by atoms with E-state index in [-0.39, 0.29) is 6.04 Å². The summed E-state index contributed by atoms with van der Waals surface area (Å²) in [6, 6.07) is 10.1. The van der Waals surface area contributed by atoms with Crippen molar-refractivity contribution < 1.29 is 4.42 Å². The molecular formula is C13H14ClNO. The lowest BCUT2D eigenvalue weighted by molar-refractivity contribution is 0.547. The van der Waals surface area contributed by atoms with Crippen molar-refractivity contribution in [2.75, 3.05) is 0 Å². The van der Waals surface area contributed by atoms with Crippen molar-refractivity contribution in [2.45, 2.75) is 19.5 Å². The SMILES string of the molecule is C[C@@H](NCc1ccoc1)c1cccc(Cl)c1. The number of nitrogens with one attached hydrogen (secondary N) is 1. The van der Waals surface area contributed by atoms with Crippen LogP contribution in [-0.4, -0.2) is 0 Å². The Kier molecular flexibility index (Phi) is 3.65. The summed E-state index contributed by atoms with van der Waals surface area (Å²) in [5.74, 6) is 0. The number of rotatable bonds is 4. The van der Waals surface area contributed by atoms with Crippen molar-refractivity contribution in [1.82, 2.24) is 5.32 Å². The van der Waals surface area contributed by atoms with Gasteiger partial charge in [-0.2, -0.15) is 0 Å². The zero-order chi connectivity index (χ0) is 11.4. The third kappa shape index (κ3) is 2.87. The van der Waals surface area contributed by atoms with Gasteiger partial charge in [-0.25, -0.2) is 0 Å². The van der Waals surface area contributed by atoms with Crippen LogP contribution in [0.5, 0.6) is 0 Å². The van der Waals surface area contributed by atoms with Crippen molar-refractivity contribution in [3.05, 3.63) is 59.0 Å². The highest BCUT2D eigenvalue weighted by Gasteiger charge is 2.05. The van der Waals surface area contributed by atoms with Gasteiger partial charge in [0.2, 0.25) is 0 Å². The van der Waals surface area contributed by atoms with Crippen molar-refractivity contribution in [3.63, 3.8) is 0 Å². The fourth-order valence-electron chi connectivity index (χ4n) is 1.56. The van der Waals surface area contributed by atoms with E-state index in [9.17, 15) is 0 Å². The molecule has 2 rings (SSSR count). The number of hydrogen-bond donors (Lipinski definition) is 1. The van der Waals surface area contributed by atoms with E-state index in [0.29, 0.717) is 0 Å². The van der Waals surface area contributed by atoms with Gasteiger partial charge < -0.3 is 9.73 Å². The second-order valence-electron chi connectivity index (χ2n) is 3.79. The van der Waals surface area contributed by atoms with Crippen LogP contribution in [0.25, 0.3) is 0 Å². The zero-order valence-electron chi connectivity index (χ0n) is 9.11. The zero-order valence-corrected chi connectivity index (χ0v) is 9.87. The Hall–Kier alpha value is -1.25. The van der Waals surface area contributed by atoms with E-state index in [1.165, 1.54) is 5.56 Å². The first-order chi connectivity index (χ1) is 7.75. The van der Waals surface area contributed by atoms with Gasteiger partial charge in [0.25, 0.3) is 0 Å². The molecule has 1 heterocycles. The molecule has 1 atom stereocenters. The Balaban J connectivity index is 1.95. The van der Waals surface area contributed by atoms with Crippen molar-refractivity contribution in [1.29, 1.82) is 0 Å². The molecule has 2 nitrogen and oxygen atoms in total. The second kappa shape index (κ2) is 5.19. The summed E-state index contributed by atoms with van der Waals surface area (Å²) >= 11 is 5.95. The predicted molar refractivity (Wildman–Crippen MR) is 65.4 cm³/mol. The summed E-state index contributed by atoms with van der Waals surface area (Å²) in [6.45, 7) is 2.91. The molecule has 1 N–H and O–H groups in total. The van der Waals surface area contributed by atoms with Crippen LogP contribution in [0.15, 0.2) is 47.3 Å². The van der Waals surface area contributed by atoms with Gasteiger partial charge in [0.05, 0.1) is 12.5 Å². The van der Waals surface area contributed by atoms with Crippen molar-refractivity contribution in [2.24, 2.45) is 0 Å². The molecule has 1 aromatic heterocycles. The first kappa shape index (κ1) is 11.2. The molecule has 0 saturated heterocycles. The molecule has 0 radical (unpaired) electrons. The molecule has 1 aromatic carbocycles. The van der Waals surface area contributed by atoms with Gasteiger partial charge in [-0.05, 0) is 30.7 Å². The summed E-state index contributed by atoms with van der Waals surface area (Å²) in [5.41, 5.74) is 2.34. The number of furan rings is 1. The van der Waals surface area contributed by atoms with Crippen molar-refractivity contribution >= 4 is 11.6 Å². The molecular weight excluding hydrogens is 222 g/mol. The fraction of sp³-hybridized carbons (Fsp3) is 0.231. The molecule has 84 valence electrons. The summed E-state index contributed by atoms with van der Waals surface area (Å²) in [4.78, 5) is 0. The van der Waals surface area contributed by atoms with Crippen LogP contribution >= 0.6 is 11.6 Å². The molecule has 0 aliphatic heterocycles. The molecule has 0 spiro atoms. The topological polar surface area (TPSA) is 25.2 Å². The quantitative estimate of drug-likeness (QED) is 0.873. The highest BCUT2D eigenvalue weighted by molar-refractivity contribution is 6.30. The Labute approximate surface area is 100 Å². The van der Waals surface area contributed by atoms with Gasteiger partial charge in [-0.1, -0.05) is 23.7 Å².